The molecular formula is C14H19BrO9. The minimum absolute atomic E-state index is 0.740. The van der Waals surface area contributed by atoms with Gasteiger partial charge in [0.1, 0.15) is 12.2 Å². The van der Waals surface area contributed by atoms with E-state index in [1.165, 1.54) is 0 Å². The molecule has 1 aliphatic rings. The first-order chi connectivity index (χ1) is 10.7. The zero-order chi connectivity index (χ0) is 19.2. The predicted molar refractivity (Wildman–Crippen MR) is 81.2 cm³/mol. The van der Waals surface area contributed by atoms with Gasteiger partial charge < -0.3 is 25.2 Å². The average molecular weight is 411 g/mol. The van der Waals surface area contributed by atoms with Gasteiger partial charge in [-0.15, -0.1) is 0 Å². The Labute approximate surface area is 145 Å². The van der Waals surface area contributed by atoms with Crippen molar-refractivity contribution >= 4 is 39.1 Å². The maximum absolute atomic E-state index is 12.1. The highest BCUT2D eigenvalue weighted by molar-refractivity contribution is 9.09. The molecule has 0 saturated carbocycles. The van der Waals surface area contributed by atoms with E-state index in [2.05, 4.69) is 15.9 Å². The Kier molecular flexibility index (Phi) is 5.56. The summed E-state index contributed by atoms with van der Waals surface area (Å²) in [5.41, 5.74) is -9.67. The largest absolute Gasteiger partial charge is 0.382 e. The number of ketones is 4. The molecule has 1 fully saturated rings. The van der Waals surface area contributed by atoms with Gasteiger partial charge in [-0.05, 0) is 27.7 Å². The second-order valence-electron chi connectivity index (χ2n) is 5.84. The summed E-state index contributed by atoms with van der Waals surface area (Å²) in [5.74, 6) is -4.73. The SMILES string of the molecule is CC(=O)C(O)[C@H]1OC(Br)[C@@](O)(C(C)=O)[C@](O)(C(C)=O)[C@@]1(O)C(C)=O. The van der Waals surface area contributed by atoms with Crippen LogP contribution in [0, 0.1) is 0 Å². The number of hydrogen-bond donors (Lipinski definition) is 4. The molecule has 136 valence electrons. The van der Waals surface area contributed by atoms with Gasteiger partial charge in [-0.25, -0.2) is 0 Å². The van der Waals surface area contributed by atoms with Crippen molar-refractivity contribution in [2.75, 3.05) is 0 Å². The highest BCUT2D eigenvalue weighted by Crippen LogP contribution is 2.48. The van der Waals surface area contributed by atoms with Crippen LogP contribution in [0.1, 0.15) is 27.7 Å². The molecule has 0 aromatic carbocycles. The van der Waals surface area contributed by atoms with Gasteiger partial charge in [0.05, 0.1) is 0 Å². The minimum Gasteiger partial charge on any atom is -0.382 e. The van der Waals surface area contributed by atoms with Gasteiger partial charge in [-0.1, -0.05) is 15.9 Å². The molecular weight excluding hydrogens is 392 g/mol. The van der Waals surface area contributed by atoms with Crippen molar-refractivity contribution in [2.24, 2.45) is 0 Å². The van der Waals surface area contributed by atoms with E-state index in [0.717, 1.165) is 27.7 Å². The monoisotopic (exact) mass is 410 g/mol. The first kappa shape index (κ1) is 21.0. The fourth-order valence-electron chi connectivity index (χ4n) is 2.91. The summed E-state index contributed by atoms with van der Waals surface area (Å²) >= 11 is 2.76. The highest BCUT2D eigenvalue weighted by Gasteiger charge is 2.78. The molecule has 1 heterocycles. The predicted octanol–water partition coefficient (Wildman–Crippen LogP) is -1.98. The lowest BCUT2D eigenvalue weighted by atomic mass is 9.60. The molecule has 0 aliphatic carbocycles. The van der Waals surface area contributed by atoms with Gasteiger partial charge >= 0.3 is 0 Å². The maximum Gasteiger partial charge on any atom is 0.200 e. The molecule has 1 aliphatic heterocycles. The fourth-order valence-corrected chi connectivity index (χ4v) is 3.79. The van der Waals surface area contributed by atoms with E-state index in [4.69, 9.17) is 4.74 Å². The van der Waals surface area contributed by atoms with Crippen molar-refractivity contribution in [1.29, 1.82) is 0 Å². The van der Waals surface area contributed by atoms with Crippen molar-refractivity contribution in [3.05, 3.63) is 0 Å². The Bertz CT molecular complexity index is 605. The molecule has 10 heteroatoms. The molecule has 0 bridgehead atoms. The van der Waals surface area contributed by atoms with E-state index in [0.29, 0.717) is 0 Å². The first-order valence-electron chi connectivity index (χ1n) is 6.88. The molecule has 1 saturated heterocycles. The van der Waals surface area contributed by atoms with Gasteiger partial charge in [-0.3, -0.25) is 19.2 Å². The molecule has 24 heavy (non-hydrogen) atoms. The molecule has 2 unspecified atom stereocenters. The number of aliphatic hydroxyl groups is 4. The van der Waals surface area contributed by atoms with E-state index < -0.39 is 57.2 Å². The number of aliphatic hydroxyl groups excluding tert-OH is 1. The first-order valence-corrected chi connectivity index (χ1v) is 7.80. The molecule has 0 aromatic rings. The summed E-state index contributed by atoms with van der Waals surface area (Å²) in [4.78, 5) is 47.6. The van der Waals surface area contributed by atoms with Crippen molar-refractivity contribution in [2.45, 2.75) is 61.7 Å². The lowest BCUT2D eigenvalue weighted by molar-refractivity contribution is -0.310. The van der Waals surface area contributed by atoms with Crippen LogP contribution >= 0.6 is 15.9 Å². The van der Waals surface area contributed by atoms with Crippen LogP contribution in [-0.4, -0.2) is 77.6 Å². The quantitative estimate of drug-likeness (QED) is 0.376. The van der Waals surface area contributed by atoms with Crippen LogP contribution in [-0.2, 0) is 23.9 Å². The van der Waals surface area contributed by atoms with Crippen molar-refractivity contribution < 1.29 is 44.3 Å². The van der Waals surface area contributed by atoms with Crippen LogP contribution in [0.2, 0.25) is 0 Å². The van der Waals surface area contributed by atoms with Crippen LogP contribution < -0.4 is 0 Å². The second-order valence-corrected chi connectivity index (χ2v) is 6.67. The number of alkyl halides is 1. The van der Waals surface area contributed by atoms with Crippen molar-refractivity contribution in [1.82, 2.24) is 0 Å². The number of ether oxygens (including phenoxy) is 1. The Balaban J connectivity index is 3.86. The fraction of sp³-hybridized carbons (Fsp3) is 0.714. The minimum atomic E-state index is -3.37. The van der Waals surface area contributed by atoms with Crippen LogP contribution in [0.15, 0.2) is 0 Å². The summed E-state index contributed by atoms with van der Waals surface area (Å²) in [6, 6.07) is 0. The Morgan fingerprint density at radius 1 is 0.917 bits per heavy atom. The van der Waals surface area contributed by atoms with Gasteiger partial charge in [0, 0.05) is 0 Å². The highest BCUT2D eigenvalue weighted by atomic mass is 79.9. The summed E-state index contributed by atoms with van der Waals surface area (Å²) in [6.45, 7) is 3.24. The lowest BCUT2D eigenvalue weighted by Gasteiger charge is -2.57. The summed E-state index contributed by atoms with van der Waals surface area (Å²) < 4.78 is 5.10. The lowest BCUT2D eigenvalue weighted by Crippen LogP contribution is -2.86. The smallest absolute Gasteiger partial charge is 0.200 e. The molecule has 0 spiro atoms. The molecule has 9 nitrogen and oxygen atoms in total. The van der Waals surface area contributed by atoms with Crippen LogP contribution in [0.4, 0.5) is 0 Å². The van der Waals surface area contributed by atoms with Crippen LogP contribution in [0.3, 0.4) is 0 Å². The third-order valence-corrected chi connectivity index (χ3v) is 5.27. The third kappa shape index (κ3) is 2.40. The van der Waals surface area contributed by atoms with Gasteiger partial charge in [0.25, 0.3) is 0 Å². The zero-order valence-corrected chi connectivity index (χ0v) is 15.0. The van der Waals surface area contributed by atoms with E-state index >= 15 is 0 Å². The molecule has 4 N–H and O–H groups in total. The number of carbonyl (C=O) groups excluding carboxylic acids is 4. The number of hydrogen-bond acceptors (Lipinski definition) is 9. The Morgan fingerprint density at radius 2 is 1.33 bits per heavy atom. The topological polar surface area (TPSA) is 158 Å². The molecule has 6 atom stereocenters. The number of halogens is 1. The van der Waals surface area contributed by atoms with Gasteiger partial charge in [-0.2, -0.15) is 0 Å². The Hall–Kier alpha value is -1.04. The summed E-state index contributed by atoms with van der Waals surface area (Å²) in [5, 5.41) is 40.5. The second kappa shape index (κ2) is 6.36. The standard InChI is InChI=1S/C14H19BrO9/c1-5(16)9(20)10-12(21,6(2)17)14(23,8(4)19)13(22,7(3)18)11(15)24-10/h9-11,20-23H,1-4H3/t9?,10-,11?,12-,13+,14+/m1/s1. The van der Waals surface area contributed by atoms with Crippen LogP contribution in [0.25, 0.3) is 0 Å². The summed E-state index contributed by atoms with van der Waals surface area (Å²) in [7, 11) is 0. The zero-order valence-electron chi connectivity index (χ0n) is 13.4. The molecule has 0 radical (unpaired) electrons. The molecule has 0 amide bonds. The number of Topliss-reactive ketones (excluding diaryl/α,β-unsaturated/α-hetero) is 4. The van der Waals surface area contributed by atoms with Crippen molar-refractivity contribution in [3.8, 4) is 0 Å². The summed E-state index contributed by atoms with van der Waals surface area (Å²) in [6.07, 6.45) is -4.22. The maximum atomic E-state index is 12.1. The van der Waals surface area contributed by atoms with Crippen molar-refractivity contribution in [3.63, 3.8) is 0 Å². The number of carbonyl (C=O) groups is 4. The van der Waals surface area contributed by atoms with E-state index in [9.17, 15) is 39.6 Å². The van der Waals surface area contributed by atoms with E-state index in [-0.39, 0.29) is 0 Å². The third-order valence-electron chi connectivity index (χ3n) is 4.40. The normalized spacial score (nSPS) is 40.7. The van der Waals surface area contributed by atoms with Gasteiger partial charge in [0.15, 0.2) is 39.3 Å². The Morgan fingerprint density at radius 3 is 1.62 bits per heavy atom. The molecule has 0 aromatic heterocycles. The number of rotatable bonds is 5. The molecule has 1 rings (SSSR count). The van der Waals surface area contributed by atoms with E-state index in [1.807, 2.05) is 0 Å². The van der Waals surface area contributed by atoms with Gasteiger partial charge in [0.2, 0.25) is 5.60 Å². The van der Waals surface area contributed by atoms with E-state index in [1.54, 1.807) is 0 Å². The average Bonchev–Trinajstić information content (AvgIpc) is 2.46. The van der Waals surface area contributed by atoms with Crippen LogP contribution in [0.5, 0.6) is 0 Å².